The van der Waals surface area contributed by atoms with Gasteiger partial charge in [0.25, 0.3) is 0 Å². The maximum absolute atomic E-state index is 11.6. The first-order valence-electron chi connectivity index (χ1n) is 5.91. The van der Waals surface area contributed by atoms with Crippen LogP contribution in [0.2, 0.25) is 0 Å². The second kappa shape index (κ2) is 7.67. The highest BCUT2D eigenvalue weighted by molar-refractivity contribution is 8.00. The van der Waals surface area contributed by atoms with Crippen LogP contribution in [0.4, 0.5) is 0 Å². The van der Waals surface area contributed by atoms with Gasteiger partial charge in [-0.25, -0.2) is 0 Å². The van der Waals surface area contributed by atoms with Gasteiger partial charge in [-0.15, -0.1) is 24.2 Å². The highest BCUT2D eigenvalue weighted by Gasteiger charge is 2.17. The number of carbonyl (C=O) groups is 1. The summed E-state index contributed by atoms with van der Waals surface area (Å²) in [4.78, 5) is 12.8. The van der Waals surface area contributed by atoms with Crippen molar-refractivity contribution in [2.45, 2.75) is 11.8 Å². The number of halogens is 1. The standard InChI is InChI=1S/C13H18N2OS.ClH/c1-10-4-2-3-5-12(10)17-9-13(16)15-8-11-6-14-7-11;/h2-5,11,14H,6-9H2,1H3,(H,15,16);1H. The summed E-state index contributed by atoms with van der Waals surface area (Å²) in [5.41, 5.74) is 1.23. The van der Waals surface area contributed by atoms with E-state index in [2.05, 4.69) is 29.7 Å². The summed E-state index contributed by atoms with van der Waals surface area (Å²) < 4.78 is 0. The smallest absolute Gasteiger partial charge is 0.230 e. The maximum Gasteiger partial charge on any atom is 0.230 e. The molecule has 2 rings (SSSR count). The van der Waals surface area contributed by atoms with Gasteiger partial charge in [0.15, 0.2) is 0 Å². The van der Waals surface area contributed by atoms with Gasteiger partial charge in [0.1, 0.15) is 0 Å². The second-order valence-corrected chi connectivity index (χ2v) is 5.40. The van der Waals surface area contributed by atoms with E-state index in [-0.39, 0.29) is 18.3 Å². The van der Waals surface area contributed by atoms with Crippen molar-refractivity contribution in [2.24, 2.45) is 5.92 Å². The Balaban J connectivity index is 0.00000162. The van der Waals surface area contributed by atoms with E-state index in [9.17, 15) is 4.79 Å². The van der Waals surface area contributed by atoms with Crippen molar-refractivity contribution < 1.29 is 4.79 Å². The van der Waals surface area contributed by atoms with Gasteiger partial charge < -0.3 is 10.6 Å². The number of hydrogen-bond donors (Lipinski definition) is 2. The molecule has 1 aliphatic heterocycles. The van der Waals surface area contributed by atoms with Crippen LogP contribution in [0.1, 0.15) is 5.56 Å². The fourth-order valence-electron chi connectivity index (χ4n) is 1.66. The minimum atomic E-state index is 0. The first kappa shape index (κ1) is 15.3. The molecule has 0 aliphatic carbocycles. The fraction of sp³-hybridized carbons (Fsp3) is 0.462. The maximum atomic E-state index is 11.6. The Kier molecular flexibility index (Phi) is 6.54. The zero-order chi connectivity index (χ0) is 12.1. The van der Waals surface area contributed by atoms with Crippen molar-refractivity contribution >= 4 is 30.1 Å². The molecular weight excluding hydrogens is 268 g/mol. The van der Waals surface area contributed by atoms with Crippen molar-refractivity contribution in [3.8, 4) is 0 Å². The lowest BCUT2D eigenvalue weighted by atomic mass is 10.0. The van der Waals surface area contributed by atoms with Crippen molar-refractivity contribution in [3.05, 3.63) is 29.8 Å². The molecule has 100 valence electrons. The van der Waals surface area contributed by atoms with Crippen LogP contribution in [0, 0.1) is 12.8 Å². The molecule has 2 N–H and O–H groups in total. The first-order chi connectivity index (χ1) is 8.25. The van der Waals surface area contributed by atoms with Crippen LogP contribution < -0.4 is 10.6 Å². The highest BCUT2D eigenvalue weighted by Crippen LogP contribution is 2.21. The zero-order valence-electron chi connectivity index (χ0n) is 10.4. The number of carbonyl (C=O) groups excluding carboxylic acids is 1. The van der Waals surface area contributed by atoms with Crippen molar-refractivity contribution in [2.75, 3.05) is 25.4 Å². The molecule has 5 heteroatoms. The molecular formula is C13H19ClN2OS. The van der Waals surface area contributed by atoms with Crippen molar-refractivity contribution in [3.63, 3.8) is 0 Å². The minimum absolute atomic E-state index is 0. The topological polar surface area (TPSA) is 41.1 Å². The van der Waals surface area contributed by atoms with Crippen LogP contribution in [0.3, 0.4) is 0 Å². The molecule has 0 saturated carbocycles. The Morgan fingerprint density at radius 1 is 1.44 bits per heavy atom. The SMILES string of the molecule is Cc1ccccc1SCC(=O)NCC1CNC1.Cl. The summed E-state index contributed by atoms with van der Waals surface area (Å²) in [6.45, 7) is 4.94. The van der Waals surface area contributed by atoms with E-state index in [0.29, 0.717) is 11.7 Å². The van der Waals surface area contributed by atoms with Gasteiger partial charge in [-0.3, -0.25) is 4.79 Å². The third-order valence-corrected chi connectivity index (χ3v) is 4.08. The molecule has 0 spiro atoms. The zero-order valence-corrected chi connectivity index (χ0v) is 12.1. The van der Waals surface area contributed by atoms with Crippen molar-refractivity contribution in [1.29, 1.82) is 0 Å². The summed E-state index contributed by atoms with van der Waals surface area (Å²) in [6.07, 6.45) is 0. The summed E-state index contributed by atoms with van der Waals surface area (Å²) in [6, 6.07) is 8.15. The number of thioether (sulfide) groups is 1. The Labute approximate surface area is 119 Å². The molecule has 0 atom stereocenters. The largest absolute Gasteiger partial charge is 0.355 e. The van der Waals surface area contributed by atoms with E-state index in [4.69, 9.17) is 0 Å². The number of rotatable bonds is 5. The number of benzene rings is 1. The van der Waals surface area contributed by atoms with Gasteiger partial charge in [0, 0.05) is 30.4 Å². The van der Waals surface area contributed by atoms with Crippen LogP contribution in [0.25, 0.3) is 0 Å². The average molecular weight is 287 g/mol. The molecule has 0 unspecified atom stereocenters. The predicted molar refractivity (Wildman–Crippen MR) is 78.5 cm³/mol. The highest BCUT2D eigenvalue weighted by atomic mass is 35.5. The third kappa shape index (κ3) is 4.52. The van der Waals surface area contributed by atoms with E-state index in [0.717, 1.165) is 19.6 Å². The van der Waals surface area contributed by atoms with Crippen LogP contribution >= 0.6 is 24.2 Å². The molecule has 1 aromatic carbocycles. The molecule has 1 fully saturated rings. The summed E-state index contributed by atoms with van der Waals surface area (Å²) in [5.74, 6) is 1.26. The Bertz CT molecular complexity index is 396. The van der Waals surface area contributed by atoms with Gasteiger partial charge >= 0.3 is 0 Å². The van der Waals surface area contributed by atoms with E-state index >= 15 is 0 Å². The second-order valence-electron chi connectivity index (χ2n) is 4.38. The quantitative estimate of drug-likeness (QED) is 0.812. The van der Waals surface area contributed by atoms with Gasteiger partial charge in [0.05, 0.1) is 5.75 Å². The summed E-state index contributed by atoms with van der Waals surface area (Å²) in [5, 5.41) is 6.17. The minimum Gasteiger partial charge on any atom is -0.355 e. The lowest BCUT2D eigenvalue weighted by Gasteiger charge is -2.27. The predicted octanol–water partition coefficient (Wildman–Crippen LogP) is 1.84. The normalized spacial score (nSPS) is 14.5. The summed E-state index contributed by atoms with van der Waals surface area (Å²) in [7, 11) is 0. The Hall–Kier alpha value is -0.710. The fourth-order valence-corrected chi connectivity index (χ4v) is 2.52. The summed E-state index contributed by atoms with van der Waals surface area (Å²) >= 11 is 1.60. The molecule has 0 aromatic heterocycles. The van der Waals surface area contributed by atoms with Gasteiger partial charge in [-0.1, -0.05) is 18.2 Å². The molecule has 18 heavy (non-hydrogen) atoms. The molecule has 1 saturated heterocycles. The van der Waals surface area contributed by atoms with Crippen LogP contribution in [-0.2, 0) is 4.79 Å². The molecule has 1 heterocycles. The molecule has 0 bridgehead atoms. The lowest BCUT2D eigenvalue weighted by molar-refractivity contribution is -0.118. The Morgan fingerprint density at radius 3 is 2.78 bits per heavy atom. The van der Waals surface area contributed by atoms with E-state index in [1.54, 1.807) is 11.8 Å². The number of aryl methyl sites for hydroxylation is 1. The first-order valence-corrected chi connectivity index (χ1v) is 6.90. The third-order valence-electron chi connectivity index (χ3n) is 2.91. The van der Waals surface area contributed by atoms with Crippen LogP contribution in [0.15, 0.2) is 29.2 Å². The molecule has 1 aromatic rings. The number of nitrogens with one attached hydrogen (secondary N) is 2. The number of hydrogen-bond acceptors (Lipinski definition) is 3. The van der Waals surface area contributed by atoms with Crippen LogP contribution in [-0.4, -0.2) is 31.3 Å². The Morgan fingerprint density at radius 2 is 2.17 bits per heavy atom. The van der Waals surface area contributed by atoms with E-state index < -0.39 is 0 Å². The van der Waals surface area contributed by atoms with Gasteiger partial charge in [0.2, 0.25) is 5.91 Å². The molecule has 0 radical (unpaired) electrons. The van der Waals surface area contributed by atoms with Gasteiger partial charge in [-0.2, -0.15) is 0 Å². The van der Waals surface area contributed by atoms with E-state index in [1.165, 1.54) is 10.5 Å². The van der Waals surface area contributed by atoms with Crippen molar-refractivity contribution in [1.82, 2.24) is 10.6 Å². The lowest BCUT2D eigenvalue weighted by Crippen LogP contribution is -2.48. The molecule has 1 amide bonds. The average Bonchev–Trinajstić information content (AvgIpc) is 2.26. The number of amides is 1. The molecule has 1 aliphatic rings. The molecule has 3 nitrogen and oxygen atoms in total. The van der Waals surface area contributed by atoms with E-state index in [1.807, 2.05) is 12.1 Å². The van der Waals surface area contributed by atoms with Gasteiger partial charge in [-0.05, 0) is 18.6 Å². The van der Waals surface area contributed by atoms with Crippen LogP contribution in [0.5, 0.6) is 0 Å². The monoisotopic (exact) mass is 286 g/mol.